The van der Waals surface area contributed by atoms with Gasteiger partial charge in [0.15, 0.2) is 11.5 Å². The highest BCUT2D eigenvalue weighted by Gasteiger charge is 2.27. The summed E-state index contributed by atoms with van der Waals surface area (Å²) in [6, 6.07) is 4.74. The Bertz CT molecular complexity index is 1340. The Hall–Kier alpha value is -4.35. The minimum absolute atomic E-state index is 0.0179. The number of nitrogens with zero attached hydrogens (tertiary/aromatic N) is 4. The molecule has 1 atom stereocenters. The fraction of sp³-hybridized carbons (Fsp3) is 0.464. The summed E-state index contributed by atoms with van der Waals surface area (Å²) >= 11 is 0. The number of carbonyl (C=O) groups excluding carboxylic acids is 3. The number of fused-ring (bicyclic) bond motifs is 4. The Labute approximate surface area is 233 Å². The lowest BCUT2D eigenvalue weighted by Gasteiger charge is -2.26. The lowest BCUT2D eigenvalue weighted by Crippen LogP contribution is -2.53. The third-order valence-electron chi connectivity index (χ3n) is 6.87. The van der Waals surface area contributed by atoms with Crippen molar-refractivity contribution in [3.8, 4) is 22.9 Å². The standard InChI is InChI=1S/C28H36N6O6/c1-17(2)26-28(37)30-9-11-33-10-8-29-27(33)20-6-7-22(38-5)23(14-20)39-13-12-34(16-24(35)31-26)25(36)15-21-18(3)32-40-19(21)4/h6-8,10,14,17,26H,9,11-13,15-16H2,1-5H3,(H,30,37)(H,31,35)/t26-/m1/s1. The second-order valence-electron chi connectivity index (χ2n) is 10.0. The minimum atomic E-state index is -0.763. The predicted octanol–water partition coefficient (Wildman–Crippen LogP) is 1.88. The summed E-state index contributed by atoms with van der Waals surface area (Å²) in [4.78, 5) is 45.5. The van der Waals surface area contributed by atoms with Gasteiger partial charge in [0.2, 0.25) is 17.7 Å². The average molecular weight is 553 g/mol. The number of benzene rings is 1. The number of amides is 3. The molecule has 3 heterocycles. The molecule has 2 N–H and O–H groups in total. The minimum Gasteiger partial charge on any atom is -0.493 e. The molecular weight excluding hydrogens is 516 g/mol. The molecule has 3 aromatic rings. The van der Waals surface area contributed by atoms with Gasteiger partial charge in [-0.1, -0.05) is 19.0 Å². The monoisotopic (exact) mass is 552 g/mol. The Kier molecular flexibility index (Phi) is 9.08. The van der Waals surface area contributed by atoms with Gasteiger partial charge in [-0.25, -0.2) is 4.98 Å². The van der Waals surface area contributed by atoms with Crippen LogP contribution in [0.2, 0.25) is 0 Å². The first-order chi connectivity index (χ1) is 19.2. The molecule has 0 radical (unpaired) electrons. The summed E-state index contributed by atoms with van der Waals surface area (Å²) < 4.78 is 18.7. The lowest BCUT2D eigenvalue weighted by atomic mass is 10.0. The van der Waals surface area contributed by atoms with Crippen LogP contribution < -0.4 is 20.1 Å². The van der Waals surface area contributed by atoms with Gasteiger partial charge in [-0.2, -0.15) is 0 Å². The number of aryl methyl sites for hydroxylation is 2. The molecule has 1 aliphatic heterocycles. The normalized spacial score (nSPS) is 16.9. The van der Waals surface area contributed by atoms with E-state index in [2.05, 4.69) is 20.8 Å². The summed E-state index contributed by atoms with van der Waals surface area (Å²) in [5.74, 6) is 1.06. The van der Waals surface area contributed by atoms with Crippen molar-refractivity contribution < 1.29 is 28.4 Å². The molecular formula is C28H36N6O6. The van der Waals surface area contributed by atoms with Crippen LogP contribution in [0, 0.1) is 19.8 Å². The van der Waals surface area contributed by atoms with E-state index in [-0.39, 0.29) is 43.8 Å². The molecule has 3 amide bonds. The second kappa shape index (κ2) is 12.7. The molecule has 0 fully saturated rings. The fourth-order valence-electron chi connectivity index (χ4n) is 4.59. The number of methoxy groups -OCH3 is 1. The molecule has 12 heteroatoms. The zero-order chi connectivity index (χ0) is 28.8. The summed E-state index contributed by atoms with van der Waals surface area (Å²) in [6.45, 7) is 8.02. The van der Waals surface area contributed by atoms with E-state index in [0.29, 0.717) is 47.4 Å². The first-order valence-electron chi connectivity index (χ1n) is 13.3. The van der Waals surface area contributed by atoms with Crippen LogP contribution in [0.3, 0.4) is 0 Å². The summed E-state index contributed by atoms with van der Waals surface area (Å²) in [6.07, 6.45) is 3.55. The summed E-state index contributed by atoms with van der Waals surface area (Å²) in [7, 11) is 1.55. The topological polar surface area (TPSA) is 141 Å². The van der Waals surface area contributed by atoms with Crippen molar-refractivity contribution in [1.29, 1.82) is 0 Å². The first-order valence-corrected chi connectivity index (χ1v) is 13.3. The van der Waals surface area contributed by atoms with E-state index in [1.165, 1.54) is 4.90 Å². The molecule has 1 aromatic carbocycles. The smallest absolute Gasteiger partial charge is 0.242 e. The van der Waals surface area contributed by atoms with Gasteiger partial charge in [-0.3, -0.25) is 14.4 Å². The van der Waals surface area contributed by atoms with Crippen LogP contribution in [0.15, 0.2) is 35.1 Å². The molecule has 4 rings (SSSR count). The van der Waals surface area contributed by atoms with Crippen molar-refractivity contribution in [2.45, 2.75) is 46.7 Å². The highest BCUT2D eigenvalue weighted by molar-refractivity contribution is 5.90. The number of hydrogen-bond donors (Lipinski definition) is 2. The van der Waals surface area contributed by atoms with Crippen LogP contribution >= 0.6 is 0 Å². The molecule has 0 aliphatic carbocycles. The molecule has 0 spiro atoms. The average Bonchev–Trinajstić information content (AvgIpc) is 3.52. The van der Waals surface area contributed by atoms with Crippen molar-refractivity contribution in [3.05, 3.63) is 47.6 Å². The zero-order valence-corrected chi connectivity index (χ0v) is 23.5. The number of rotatable bonds is 4. The van der Waals surface area contributed by atoms with Crippen LogP contribution in [0.4, 0.5) is 0 Å². The predicted molar refractivity (Wildman–Crippen MR) is 146 cm³/mol. The van der Waals surface area contributed by atoms with Crippen LogP contribution in [0.25, 0.3) is 11.4 Å². The molecule has 0 unspecified atom stereocenters. The van der Waals surface area contributed by atoms with E-state index in [9.17, 15) is 14.4 Å². The summed E-state index contributed by atoms with van der Waals surface area (Å²) in [5.41, 5.74) is 2.10. The molecule has 0 saturated heterocycles. The summed E-state index contributed by atoms with van der Waals surface area (Å²) in [5, 5.41) is 9.65. The Morgan fingerprint density at radius 2 is 2.02 bits per heavy atom. The van der Waals surface area contributed by atoms with Crippen LogP contribution in [0.1, 0.15) is 30.9 Å². The third kappa shape index (κ3) is 6.61. The first kappa shape index (κ1) is 28.7. The SMILES string of the molecule is COc1ccc2cc1OCCN(C(=O)Cc1c(C)noc1C)CC(=O)N[C@H](C(C)C)C(=O)NCCn1ccnc1-2. The van der Waals surface area contributed by atoms with Gasteiger partial charge in [0.05, 0.1) is 32.3 Å². The highest BCUT2D eigenvalue weighted by atomic mass is 16.5. The van der Waals surface area contributed by atoms with Crippen molar-refractivity contribution in [3.63, 3.8) is 0 Å². The molecule has 2 aromatic heterocycles. The van der Waals surface area contributed by atoms with E-state index in [4.69, 9.17) is 14.0 Å². The number of hydrogen-bond acceptors (Lipinski definition) is 8. The van der Waals surface area contributed by atoms with Crippen molar-refractivity contribution in [2.24, 2.45) is 5.92 Å². The largest absolute Gasteiger partial charge is 0.493 e. The Morgan fingerprint density at radius 3 is 2.73 bits per heavy atom. The molecule has 0 saturated carbocycles. The van der Waals surface area contributed by atoms with Gasteiger partial charge >= 0.3 is 0 Å². The zero-order valence-electron chi connectivity index (χ0n) is 23.5. The molecule has 1 aliphatic rings. The van der Waals surface area contributed by atoms with Crippen molar-refractivity contribution in [2.75, 3.05) is 33.4 Å². The van der Waals surface area contributed by atoms with Gasteiger partial charge in [0.25, 0.3) is 0 Å². The Morgan fingerprint density at radius 1 is 1.23 bits per heavy atom. The maximum Gasteiger partial charge on any atom is 0.242 e. The van der Waals surface area contributed by atoms with E-state index >= 15 is 0 Å². The quantitative estimate of drug-likeness (QED) is 0.500. The molecule has 40 heavy (non-hydrogen) atoms. The Balaban J connectivity index is 1.64. The third-order valence-corrected chi connectivity index (χ3v) is 6.87. The number of carbonyl (C=O) groups is 3. The van der Waals surface area contributed by atoms with Gasteiger partial charge in [-0.15, -0.1) is 0 Å². The number of nitrogens with one attached hydrogen (secondary N) is 2. The highest BCUT2D eigenvalue weighted by Crippen LogP contribution is 2.32. The lowest BCUT2D eigenvalue weighted by molar-refractivity contribution is -0.137. The van der Waals surface area contributed by atoms with Crippen LogP contribution in [-0.2, 0) is 27.3 Å². The number of ether oxygens (including phenoxy) is 2. The van der Waals surface area contributed by atoms with E-state index < -0.39 is 11.9 Å². The van der Waals surface area contributed by atoms with Crippen LogP contribution in [-0.4, -0.2) is 76.7 Å². The van der Waals surface area contributed by atoms with Gasteiger partial charge in [-0.05, 0) is 38.0 Å². The second-order valence-corrected chi connectivity index (χ2v) is 10.0. The number of imidazole rings is 1. The van der Waals surface area contributed by atoms with Gasteiger partial charge < -0.3 is 34.1 Å². The molecule has 214 valence electrons. The van der Waals surface area contributed by atoms with Gasteiger partial charge in [0, 0.05) is 36.6 Å². The fourth-order valence-corrected chi connectivity index (χ4v) is 4.59. The molecule has 2 bridgehead atoms. The maximum absolute atomic E-state index is 13.4. The van der Waals surface area contributed by atoms with Gasteiger partial charge in [0.1, 0.15) is 24.2 Å². The maximum atomic E-state index is 13.4. The van der Waals surface area contributed by atoms with E-state index in [1.54, 1.807) is 33.2 Å². The number of aromatic nitrogens is 3. The van der Waals surface area contributed by atoms with E-state index in [1.807, 2.05) is 36.7 Å². The van der Waals surface area contributed by atoms with Crippen molar-refractivity contribution in [1.82, 2.24) is 30.2 Å². The molecule has 12 nitrogen and oxygen atoms in total. The van der Waals surface area contributed by atoms with E-state index in [0.717, 1.165) is 5.56 Å². The van der Waals surface area contributed by atoms with Crippen molar-refractivity contribution >= 4 is 17.7 Å². The van der Waals surface area contributed by atoms with Crippen LogP contribution in [0.5, 0.6) is 11.5 Å².